The number of aryl methyl sites for hydroxylation is 3. The van der Waals surface area contributed by atoms with Crippen LogP contribution in [0.1, 0.15) is 94.5 Å². The van der Waals surface area contributed by atoms with Crippen molar-refractivity contribution in [2.24, 2.45) is 11.8 Å². The van der Waals surface area contributed by atoms with Crippen LogP contribution in [0, 0.1) is 38.0 Å². The van der Waals surface area contributed by atoms with Crippen LogP contribution in [0.4, 0.5) is 0 Å². The fourth-order valence-electron chi connectivity index (χ4n) is 8.63. The number of esters is 1. The molecule has 0 radical (unpaired) electrons. The summed E-state index contributed by atoms with van der Waals surface area (Å²) in [4.78, 5) is 86.7. The number of epoxide rings is 1. The summed E-state index contributed by atoms with van der Waals surface area (Å²) in [6.07, 6.45) is 7.95. The summed E-state index contributed by atoms with van der Waals surface area (Å²) >= 11 is 0. The van der Waals surface area contributed by atoms with Gasteiger partial charge in [0, 0.05) is 31.2 Å². The van der Waals surface area contributed by atoms with Gasteiger partial charge in [0.1, 0.15) is 43.5 Å². The number of hydrogen-bond donors (Lipinski definition) is 3. The average Bonchev–Trinajstić information content (AvgIpc) is 4.08. The van der Waals surface area contributed by atoms with Crippen LogP contribution in [0.2, 0.25) is 0 Å². The zero-order valence-corrected chi connectivity index (χ0v) is 44.5. The van der Waals surface area contributed by atoms with E-state index in [0.717, 1.165) is 39.1 Å². The third-order valence-electron chi connectivity index (χ3n) is 12.6. The molecule has 5 rings (SSSR count). The molecular formula is C55H75N5O12S. The molecular weight excluding hydrogens is 955 g/mol. The molecule has 2 aliphatic heterocycles. The number of nitrogens with one attached hydrogen (secondary N) is 3. The van der Waals surface area contributed by atoms with E-state index >= 15 is 9.59 Å². The lowest BCUT2D eigenvalue weighted by molar-refractivity contribution is -0.940. The summed E-state index contributed by atoms with van der Waals surface area (Å²) in [5.74, 6) is 0.0700. The monoisotopic (exact) mass is 1030 g/mol. The maximum atomic E-state index is 15.2. The Hall–Kier alpha value is -5.97. The van der Waals surface area contributed by atoms with Crippen molar-refractivity contribution in [3.63, 3.8) is 0 Å². The highest BCUT2D eigenvalue weighted by Gasteiger charge is 2.54. The number of ether oxygens (including phenoxy) is 3. The Bertz CT molecular complexity index is 2470. The molecule has 18 heteroatoms. The molecule has 17 nitrogen and oxygen atoms in total. The Morgan fingerprint density at radius 1 is 0.836 bits per heavy atom. The summed E-state index contributed by atoms with van der Waals surface area (Å²) < 4.78 is 44.6. The summed E-state index contributed by atoms with van der Waals surface area (Å²) in [5.41, 5.74) is 2.83. The van der Waals surface area contributed by atoms with Gasteiger partial charge in [0.15, 0.2) is 12.1 Å². The van der Waals surface area contributed by atoms with Crippen LogP contribution in [0.15, 0.2) is 72.8 Å². The third-order valence-corrected chi connectivity index (χ3v) is 12.6. The van der Waals surface area contributed by atoms with Crippen LogP contribution in [0.25, 0.3) is 0 Å². The standard InChI is InChI=1S/C54H71N5O9.CH4O3S/c1-9-10-21-48(61)68-49-39(6)31-43(32-40(49)7)34-59(26-28-66-29-27-59)35-47(60)58(53(65)54(8)36-67-54)46(23-22-41-17-13-11-14-18-41)52(64)57-44(30-38(4)5)51(63)56-45(33-42-19-15-12-16-20-42)50(62)55-25-24-37(2)3;1-5(2,3)4/h1,11-20,31-32,37-38,44-46H,10,21-30,33-36H2,2-8H3,(H2-,55,56,57,62,63,64);1H3,(H,2,3,4)/t44-,45-,46-,54+;/m0./s1. The molecule has 73 heavy (non-hydrogen) atoms. The van der Waals surface area contributed by atoms with E-state index in [1.807, 2.05) is 100 Å². The predicted molar refractivity (Wildman–Crippen MR) is 275 cm³/mol. The lowest BCUT2D eigenvalue weighted by atomic mass is 9.98. The minimum atomic E-state index is -3.92. The molecule has 398 valence electrons. The van der Waals surface area contributed by atoms with Crippen molar-refractivity contribution in [1.29, 1.82) is 0 Å². The van der Waals surface area contributed by atoms with Gasteiger partial charge in [0.05, 0.1) is 36.4 Å². The van der Waals surface area contributed by atoms with Crippen LogP contribution >= 0.6 is 0 Å². The smallest absolute Gasteiger partial charge is 0.312 e. The number of morpholine rings is 1. The minimum absolute atomic E-state index is 0.0630. The molecule has 2 heterocycles. The highest BCUT2D eigenvalue weighted by atomic mass is 32.2. The second kappa shape index (κ2) is 27.9. The zero-order valence-electron chi connectivity index (χ0n) is 43.7. The van der Waals surface area contributed by atoms with Gasteiger partial charge in [-0.2, -0.15) is 0 Å². The first-order valence-corrected chi connectivity index (χ1v) is 26.8. The Labute approximate surface area is 431 Å². The molecule has 3 aromatic rings. The zero-order chi connectivity index (χ0) is 53.9. The minimum Gasteiger partial charge on any atom is -0.748 e. The second-order valence-electron chi connectivity index (χ2n) is 20.2. The van der Waals surface area contributed by atoms with Crippen molar-refractivity contribution >= 4 is 45.6 Å². The maximum absolute atomic E-state index is 15.2. The van der Waals surface area contributed by atoms with Gasteiger partial charge in [-0.05, 0) is 92.7 Å². The number of benzene rings is 3. The Morgan fingerprint density at radius 2 is 1.40 bits per heavy atom. The first kappa shape index (κ1) is 59.6. The molecule has 5 amide bonds. The molecule has 2 saturated heterocycles. The second-order valence-corrected chi connectivity index (χ2v) is 21.6. The number of quaternary nitrogens is 1. The predicted octanol–water partition coefficient (Wildman–Crippen LogP) is 4.70. The third kappa shape index (κ3) is 20.1. The van der Waals surface area contributed by atoms with E-state index in [-0.39, 0.29) is 61.6 Å². The molecule has 3 N–H and O–H groups in total. The molecule has 0 unspecified atom stereocenters. The fourth-order valence-corrected chi connectivity index (χ4v) is 8.63. The summed E-state index contributed by atoms with van der Waals surface area (Å²) in [5, 5.41) is 8.90. The van der Waals surface area contributed by atoms with Crippen molar-refractivity contribution in [3.05, 3.63) is 101 Å². The van der Waals surface area contributed by atoms with Gasteiger partial charge in [-0.15, -0.1) is 12.3 Å². The van der Waals surface area contributed by atoms with Crippen molar-refractivity contribution in [3.8, 4) is 18.1 Å². The topological polar surface area (TPSA) is 230 Å². The number of rotatable bonds is 24. The molecule has 4 atom stereocenters. The van der Waals surface area contributed by atoms with E-state index in [1.165, 1.54) is 0 Å². The highest BCUT2D eigenvalue weighted by molar-refractivity contribution is 7.84. The van der Waals surface area contributed by atoms with E-state index in [1.54, 1.807) is 6.92 Å². The Balaban J connectivity index is 0.00000220. The van der Waals surface area contributed by atoms with Crippen LogP contribution in [0.5, 0.6) is 5.75 Å². The van der Waals surface area contributed by atoms with E-state index in [0.29, 0.717) is 63.7 Å². The average molecular weight is 1030 g/mol. The van der Waals surface area contributed by atoms with Gasteiger partial charge >= 0.3 is 5.97 Å². The van der Waals surface area contributed by atoms with Gasteiger partial charge in [-0.3, -0.25) is 33.7 Å². The number of carbonyl (C=O) groups excluding carboxylic acids is 6. The van der Waals surface area contributed by atoms with E-state index in [2.05, 4.69) is 35.7 Å². The summed E-state index contributed by atoms with van der Waals surface area (Å²) in [7, 11) is -3.92. The van der Waals surface area contributed by atoms with Crippen LogP contribution in [0.3, 0.4) is 0 Å². The Morgan fingerprint density at radius 3 is 1.93 bits per heavy atom. The maximum Gasteiger partial charge on any atom is 0.312 e. The number of amides is 5. The van der Waals surface area contributed by atoms with Crippen molar-refractivity contribution in [1.82, 2.24) is 20.9 Å². The number of hydrogen-bond acceptors (Lipinski definition) is 12. The van der Waals surface area contributed by atoms with E-state index in [9.17, 15) is 19.2 Å². The van der Waals surface area contributed by atoms with Crippen molar-refractivity contribution in [2.75, 3.05) is 52.3 Å². The lowest BCUT2D eigenvalue weighted by Gasteiger charge is -2.42. The van der Waals surface area contributed by atoms with Gasteiger partial charge < -0.3 is 39.2 Å². The van der Waals surface area contributed by atoms with Crippen molar-refractivity contribution < 1.29 is 60.4 Å². The molecule has 3 aromatic carbocycles. The van der Waals surface area contributed by atoms with Gasteiger partial charge in [-0.1, -0.05) is 88.4 Å². The molecule has 0 aromatic heterocycles. The molecule has 0 bridgehead atoms. The van der Waals surface area contributed by atoms with Crippen LogP contribution in [-0.4, -0.2) is 134 Å². The number of terminal acetylenes is 1. The molecule has 0 saturated carbocycles. The SMILES string of the molecule is C#CCCC(=O)Oc1c(C)cc(C[N+]2(CC(=O)N(C(=O)[C@@]3(C)CO3)[C@@H](CCc3ccccc3)C(=O)N[C@@H](CC(C)C)C(=O)N[C@@H](Cc3ccccc3)C(=O)NCCC(C)C)CCOCC2)cc1C.CS(=O)(=O)[O-]. The van der Waals surface area contributed by atoms with E-state index in [4.69, 9.17) is 33.6 Å². The highest BCUT2D eigenvalue weighted by Crippen LogP contribution is 2.32. The lowest BCUT2D eigenvalue weighted by Crippen LogP contribution is -2.64. The number of imide groups is 1. The van der Waals surface area contributed by atoms with E-state index < -0.39 is 63.4 Å². The quantitative estimate of drug-likeness (QED) is 0.0277. The fraction of sp³-hybridized carbons (Fsp3) is 0.527. The molecule has 2 fully saturated rings. The Kier molecular flexibility index (Phi) is 22.8. The first-order chi connectivity index (χ1) is 34.4. The largest absolute Gasteiger partial charge is 0.748 e. The molecule has 0 spiro atoms. The van der Waals surface area contributed by atoms with Gasteiger partial charge in [0.2, 0.25) is 17.7 Å². The van der Waals surface area contributed by atoms with Crippen molar-refractivity contribution in [2.45, 2.75) is 124 Å². The van der Waals surface area contributed by atoms with Gasteiger partial charge in [0.25, 0.3) is 11.8 Å². The molecule has 2 aliphatic rings. The summed E-state index contributed by atoms with van der Waals surface area (Å²) in [6, 6.07) is 19.4. The van der Waals surface area contributed by atoms with Gasteiger partial charge in [-0.25, -0.2) is 8.42 Å². The normalized spacial score (nSPS) is 17.1. The first-order valence-electron chi connectivity index (χ1n) is 25.0. The molecule has 0 aliphatic carbocycles. The number of carbonyl (C=O) groups is 6. The number of nitrogens with zero attached hydrogens (tertiary/aromatic N) is 2. The summed E-state index contributed by atoms with van der Waals surface area (Å²) in [6.45, 7) is 15.8. The van der Waals surface area contributed by atoms with Crippen LogP contribution in [-0.2, 0) is 67.7 Å². The van der Waals surface area contributed by atoms with Crippen LogP contribution < -0.4 is 20.7 Å².